The lowest BCUT2D eigenvalue weighted by atomic mass is 10.2. The van der Waals surface area contributed by atoms with Crippen molar-refractivity contribution in [2.75, 3.05) is 0 Å². The molecule has 0 saturated heterocycles. The zero-order chi connectivity index (χ0) is 18.3. The number of aromatic nitrogens is 1. The van der Waals surface area contributed by atoms with Gasteiger partial charge in [0.05, 0.1) is 11.3 Å². The number of hydrogen-bond donors (Lipinski definition) is 1. The fraction of sp³-hybridized carbons (Fsp3) is 0. The van der Waals surface area contributed by atoms with Crippen LogP contribution in [0.4, 0.5) is 0 Å². The molecule has 1 heterocycles. The molecule has 0 fully saturated rings. The lowest BCUT2D eigenvalue weighted by Crippen LogP contribution is -2.22. The normalized spacial score (nSPS) is 11.8. The van der Waals surface area contributed by atoms with Gasteiger partial charge in [0.25, 0.3) is 5.91 Å². The Bertz CT molecular complexity index is 1280. The van der Waals surface area contributed by atoms with E-state index in [0.717, 1.165) is 4.47 Å². The molecular formula is C19H9BrN4O2. The summed E-state index contributed by atoms with van der Waals surface area (Å²) >= 11 is 3.30. The molecule has 1 aliphatic carbocycles. The number of carbonyl (C=O) groups excluding carboxylic acids is 1. The van der Waals surface area contributed by atoms with Gasteiger partial charge in [-0.3, -0.25) is 9.59 Å². The Balaban J connectivity index is 1.82. The van der Waals surface area contributed by atoms with Gasteiger partial charge in [0.2, 0.25) is 0 Å². The first-order valence-corrected chi connectivity index (χ1v) is 8.41. The summed E-state index contributed by atoms with van der Waals surface area (Å²) in [5.74, 6) is -0.440. The Morgan fingerprint density at radius 1 is 1.15 bits per heavy atom. The standard InChI is InChI=1S/C19H9BrN4O2/c20-11-5-3-4-10(8-11)19(26)24-23-18-14(9-21)15-16(22-18)12-6-1-2-7-13(12)17(15)25/h1-8H,(H,24,26)/b23-18+. The summed E-state index contributed by atoms with van der Waals surface area (Å²) in [4.78, 5) is 29.1. The number of carbonyl (C=O) groups is 1. The number of nitrogens with one attached hydrogen (secondary N) is 1. The number of nitrogens with zero attached hydrogens (tertiary/aromatic N) is 3. The van der Waals surface area contributed by atoms with Crippen molar-refractivity contribution in [3.05, 3.63) is 79.8 Å². The SMILES string of the molecule is N#Cc1c2c(=O)c3ccccc3c-2n/c1=N/NC(=O)c1cccc(Br)c1. The molecule has 7 heteroatoms. The largest absolute Gasteiger partial charge is 0.288 e. The summed E-state index contributed by atoms with van der Waals surface area (Å²) in [5, 5.41) is 14.6. The van der Waals surface area contributed by atoms with Gasteiger partial charge in [-0.2, -0.15) is 10.4 Å². The zero-order valence-electron chi connectivity index (χ0n) is 13.2. The minimum Gasteiger partial charge on any atom is -0.288 e. The van der Waals surface area contributed by atoms with Crippen LogP contribution in [-0.4, -0.2) is 10.9 Å². The summed E-state index contributed by atoms with van der Waals surface area (Å²) in [7, 11) is 0. The van der Waals surface area contributed by atoms with Crippen LogP contribution in [0.15, 0.2) is 62.9 Å². The Hall–Kier alpha value is -3.37. The van der Waals surface area contributed by atoms with Crippen molar-refractivity contribution >= 4 is 32.6 Å². The smallest absolute Gasteiger partial charge is 0.271 e. The van der Waals surface area contributed by atoms with Gasteiger partial charge in [0.15, 0.2) is 10.9 Å². The maximum Gasteiger partial charge on any atom is 0.271 e. The van der Waals surface area contributed by atoms with E-state index in [-0.39, 0.29) is 22.0 Å². The Morgan fingerprint density at radius 3 is 2.65 bits per heavy atom. The summed E-state index contributed by atoms with van der Waals surface area (Å²) in [6.07, 6.45) is 0. The highest BCUT2D eigenvalue weighted by Crippen LogP contribution is 2.28. The van der Waals surface area contributed by atoms with Crippen molar-refractivity contribution in [1.82, 2.24) is 10.4 Å². The molecule has 0 unspecified atom stereocenters. The molecular weight excluding hydrogens is 396 g/mol. The molecule has 0 saturated carbocycles. The van der Waals surface area contributed by atoms with E-state index in [1.54, 1.807) is 48.5 Å². The third kappa shape index (κ3) is 2.48. The average molecular weight is 405 g/mol. The van der Waals surface area contributed by atoms with Crippen LogP contribution >= 0.6 is 15.9 Å². The summed E-state index contributed by atoms with van der Waals surface area (Å²) in [5.41, 5.74) is 3.30. The second-order valence-electron chi connectivity index (χ2n) is 5.58. The highest BCUT2D eigenvalue weighted by molar-refractivity contribution is 9.10. The summed E-state index contributed by atoms with van der Waals surface area (Å²) < 4.78 is 0.760. The van der Waals surface area contributed by atoms with Crippen LogP contribution in [0.2, 0.25) is 0 Å². The molecule has 0 spiro atoms. The predicted molar refractivity (Wildman–Crippen MR) is 98.9 cm³/mol. The monoisotopic (exact) mass is 404 g/mol. The maximum absolute atomic E-state index is 12.6. The minimum atomic E-state index is -0.440. The number of benzene rings is 2. The molecule has 4 rings (SSSR count). The predicted octanol–water partition coefficient (Wildman–Crippen LogP) is 2.46. The molecule has 0 bridgehead atoms. The molecule has 1 N–H and O–H groups in total. The summed E-state index contributed by atoms with van der Waals surface area (Å²) in [6.45, 7) is 0. The molecule has 26 heavy (non-hydrogen) atoms. The first kappa shape index (κ1) is 16.1. The van der Waals surface area contributed by atoms with Crippen molar-refractivity contribution in [3.8, 4) is 17.3 Å². The molecule has 2 aliphatic rings. The quantitative estimate of drug-likeness (QED) is 0.519. The molecule has 1 amide bonds. The fourth-order valence-corrected chi connectivity index (χ4v) is 3.27. The van der Waals surface area contributed by atoms with Crippen molar-refractivity contribution < 1.29 is 4.79 Å². The van der Waals surface area contributed by atoms with E-state index in [2.05, 4.69) is 31.4 Å². The fourth-order valence-electron chi connectivity index (χ4n) is 2.87. The van der Waals surface area contributed by atoms with Gasteiger partial charge in [0.1, 0.15) is 11.6 Å². The van der Waals surface area contributed by atoms with Crippen LogP contribution in [0, 0.1) is 11.3 Å². The molecule has 124 valence electrons. The third-order valence-corrected chi connectivity index (χ3v) is 4.54. The Morgan fingerprint density at radius 2 is 1.92 bits per heavy atom. The highest BCUT2D eigenvalue weighted by atomic mass is 79.9. The molecule has 1 aliphatic heterocycles. The van der Waals surface area contributed by atoms with E-state index < -0.39 is 5.91 Å². The van der Waals surface area contributed by atoms with E-state index >= 15 is 0 Å². The second kappa shape index (κ2) is 6.17. The van der Waals surface area contributed by atoms with Crippen molar-refractivity contribution in [2.24, 2.45) is 5.10 Å². The van der Waals surface area contributed by atoms with Gasteiger partial charge in [-0.05, 0) is 18.2 Å². The highest BCUT2D eigenvalue weighted by Gasteiger charge is 2.25. The Labute approximate surface area is 155 Å². The first-order chi connectivity index (χ1) is 12.6. The topological polar surface area (TPSA) is 95.2 Å². The number of fused-ring (bicyclic) bond motifs is 3. The minimum absolute atomic E-state index is 0.0312. The zero-order valence-corrected chi connectivity index (χ0v) is 14.7. The Kier molecular flexibility index (Phi) is 3.82. The van der Waals surface area contributed by atoms with E-state index in [0.29, 0.717) is 22.0 Å². The number of rotatable bonds is 2. The van der Waals surface area contributed by atoms with Gasteiger partial charge in [-0.25, -0.2) is 10.4 Å². The van der Waals surface area contributed by atoms with E-state index in [9.17, 15) is 14.9 Å². The van der Waals surface area contributed by atoms with Gasteiger partial charge < -0.3 is 0 Å². The number of nitriles is 1. The van der Waals surface area contributed by atoms with E-state index in [1.807, 2.05) is 6.07 Å². The van der Waals surface area contributed by atoms with Crippen LogP contribution in [0.5, 0.6) is 0 Å². The van der Waals surface area contributed by atoms with Gasteiger partial charge in [-0.15, -0.1) is 0 Å². The lowest BCUT2D eigenvalue weighted by Gasteiger charge is -1.99. The van der Waals surface area contributed by atoms with Crippen LogP contribution < -0.4 is 16.3 Å². The van der Waals surface area contributed by atoms with Gasteiger partial charge in [-0.1, -0.05) is 46.3 Å². The first-order valence-electron chi connectivity index (χ1n) is 7.61. The second-order valence-corrected chi connectivity index (χ2v) is 6.50. The van der Waals surface area contributed by atoms with Crippen molar-refractivity contribution in [1.29, 1.82) is 5.26 Å². The average Bonchev–Trinajstić information content (AvgIpc) is 3.15. The van der Waals surface area contributed by atoms with Crippen LogP contribution in [0.25, 0.3) is 22.0 Å². The third-order valence-electron chi connectivity index (χ3n) is 4.04. The number of amides is 1. The van der Waals surface area contributed by atoms with Crippen molar-refractivity contribution in [2.45, 2.75) is 0 Å². The van der Waals surface area contributed by atoms with Crippen molar-refractivity contribution in [3.63, 3.8) is 0 Å². The van der Waals surface area contributed by atoms with Crippen LogP contribution in [0.3, 0.4) is 0 Å². The van der Waals surface area contributed by atoms with E-state index in [4.69, 9.17) is 0 Å². The molecule has 0 aromatic heterocycles. The summed E-state index contributed by atoms with van der Waals surface area (Å²) in [6, 6.07) is 15.8. The lowest BCUT2D eigenvalue weighted by molar-refractivity contribution is 0.0953. The van der Waals surface area contributed by atoms with Crippen LogP contribution in [0.1, 0.15) is 15.9 Å². The molecule has 6 nitrogen and oxygen atoms in total. The number of hydrogen-bond acceptors (Lipinski definition) is 5. The molecule has 2 aromatic rings. The van der Waals surface area contributed by atoms with Crippen LogP contribution in [-0.2, 0) is 0 Å². The number of halogens is 1. The van der Waals surface area contributed by atoms with Gasteiger partial charge in [0, 0.05) is 20.8 Å². The molecule has 2 aromatic carbocycles. The molecule has 0 atom stereocenters. The maximum atomic E-state index is 12.6. The molecule has 0 radical (unpaired) electrons. The van der Waals surface area contributed by atoms with Gasteiger partial charge >= 0.3 is 0 Å². The van der Waals surface area contributed by atoms with E-state index in [1.165, 1.54) is 0 Å².